The zero-order chi connectivity index (χ0) is 22.3. The van der Waals surface area contributed by atoms with Crippen LogP contribution < -0.4 is 5.19 Å². The molecular formula is C29H36N2Si. The van der Waals surface area contributed by atoms with Crippen LogP contribution in [0.3, 0.4) is 0 Å². The number of aryl methyl sites for hydroxylation is 1. The second kappa shape index (κ2) is 8.51. The van der Waals surface area contributed by atoms with Crippen molar-refractivity contribution in [3.05, 3.63) is 60.3 Å². The molecule has 166 valence electrons. The highest BCUT2D eigenvalue weighted by atomic mass is 28.3. The molecule has 2 heterocycles. The number of rotatable bonds is 5. The van der Waals surface area contributed by atoms with Gasteiger partial charge in [-0.15, -0.1) is 0 Å². The van der Waals surface area contributed by atoms with Crippen molar-refractivity contribution in [2.75, 3.05) is 0 Å². The molecule has 0 unspecified atom stereocenters. The molecule has 32 heavy (non-hydrogen) atoms. The lowest BCUT2D eigenvalue weighted by Crippen LogP contribution is -2.41. The van der Waals surface area contributed by atoms with Crippen molar-refractivity contribution in [1.82, 2.24) is 9.55 Å². The molecule has 2 aromatic carbocycles. The molecular weight excluding hydrogens is 404 g/mol. The van der Waals surface area contributed by atoms with Gasteiger partial charge >= 0.3 is 0 Å². The van der Waals surface area contributed by atoms with Crippen LogP contribution in [0, 0.1) is 5.92 Å². The molecule has 1 aliphatic carbocycles. The van der Waals surface area contributed by atoms with Crippen LogP contribution in [0.15, 0.2) is 54.7 Å². The SMILES string of the molecule is CCn1c2ccccc2c2cc(-c3cc(CC4CCCCC4)c([Si](C)(C)C)cn3)ccc21. The van der Waals surface area contributed by atoms with Crippen LogP contribution in [-0.4, -0.2) is 17.6 Å². The number of pyridine rings is 1. The van der Waals surface area contributed by atoms with Crippen LogP contribution in [0.5, 0.6) is 0 Å². The van der Waals surface area contributed by atoms with Crippen molar-refractivity contribution in [2.24, 2.45) is 5.92 Å². The Kier molecular flexibility index (Phi) is 5.71. The van der Waals surface area contributed by atoms with Crippen molar-refractivity contribution >= 4 is 35.1 Å². The Balaban J connectivity index is 1.61. The first-order valence-electron chi connectivity index (χ1n) is 12.5. The van der Waals surface area contributed by atoms with E-state index in [0.29, 0.717) is 0 Å². The molecule has 0 bridgehead atoms. The summed E-state index contributed by atoms with van der Waals surface area (Å²) >= 11 is 0. The summed E-state index contributed by atoms with van der Waals surface area (Å²) in [6, 6.07) is 18.1. The Morgan fingerprint density at radius 1 is 0.906 bits per heavy atom. The van der Waals surface area contributed by atoms with Gasteiger partial charge in [0.2, 0.25) is 0 Å². The zero-order valence-electron chi connectivity index (χ0n) is 20.1. The second-order valence-corrected chi connectivity index (χ2v) is 15.7. The number of para-hydroxylation sites is 1. The predicted octanol–water partition coefficient (Wildman–Crippen LogP) is 7.54. The summed E-state index contributed by atoms with van der Waals surface area (Å²) in [4.78, 5) is 5.01. The summed E-state index contributed by atoms with van der Waals surface area (Å²) in [6.07, 6.45) is 10.5. The van der Waals surface area contributed by atoms with Gasteiger partial charge in [-0.2, -0.15) is 0 Å². The van der Waals surface area contributed by atoms with Crippen LogP contribution in [0.2, 0.25) is 19.6 Å². The summed E-state index contributed by atoms with van der Waals surface area (Å²) in [5.41, 5.74) is 6.58. The van der Waals surface area contributed by atoms with Crippen LogP contribution in [0.4, 0.5) is 0 Å². The summed E-state index contributed by atoms with van der Waals surface area (Å²) < 4.78 is 2.42. The fourth-order valence-electron chi connectivity index (χ4n) is 5.76. The first-order valence-corrected chi connectivity index (χ1v) is 16.0. The molecule has 0 N–H and O–H groups in total. The van der Waals surface area contributed by atoms with Gasteiger partial charge in [0.15, 0.2) is 0 Å². The number of benzene rings is 2. The zero-order valence-corrected chi connectivity index (χ0v) is 21.1. The normalized spacial score (nSPS) is 15.6. The largest absolute Gasteiger partial charge is 0.341 e. The second-order valence-electron chi connectivity index (χ2n) is 10.7. The van der Waals surface area contributed by atoms with E-state index < -0.39 is 8.07 Å². The van der Waals surface area contributed by atoms with E-state index in [1.54, 1.807) is 10.8 Å². The van der Waals surface area contributed by atoms with Crippen molar-refractivity contribution in [1.29, 1.82) is 0 Å². The van der Waals surface area contributed by atoms with Gasteiger partial charge in [-0.1, -0.05) is 76.0 Å². The van der Waals surface area contributed by atoms with Crippen LogP contribution in [0.1, 0.15) is 44.6 Å². The molecule has 5 rings (SSSR count). The minimum atomic E-state index is -1.43. The van der Waals surface area contributed by atoms with Crippen molar-refractivity contribution in [2.45, 2.75) is 71.6 Å². The molecule has 0 saturated heterocycles. The highest BCUT2D eigenvalue weighted by Gasteiger charge is 2.24. The average Bonchev–Trinajstić information content (AvgIpc) is 3.12. The molecule has 3 heteroatoms. The van der Waals surface area contributed by atoms with Crippen molar-refractivity contribution < 1.29 is 0 Å². The maximum atomic E-state index is 5.01. The molecule has 1 saturated carbocycles. The van der Waals surface area contributed by atoms with E-state index in [4.69, 9.17) is 4.98 Å². The molecule has 1 aliphatic rings. The summed E-state index contributed by atoms with van der Waals surface area (Å²) in [6.45, 7) is 10.6. The highest BCUT2D eigenvalue weighted by molar-refractivity contribution is 6.89. The van der Waals surface area contributed by atoms with E-state index in [9.17, 15) is 0 Å². The Morgan fingerprint density at radius 3 is 2.41 bits per heavy atom. The average molecular weight is 441 g/mol. The van der Waals surface area contributed by atoms with E-state index in [-0.39, 0.29) is 0 Å². The molecule has 0 spiro atoms. The monoisotopic (exact) mass is 440 g/mol. The fourth-order valence-corrected chi connectivity index (χ4v) is 7.34. The van der Waals surface area contributed by atoms with E-state index in [1.807, 2.05) is 0 Å². The van der Waals surface area contributed by atoms with E-state index in [1.165, 1.54) is 65.9 Å². The molecule has 0 aliphatic heterocycles. The maximum Gasteiger partial charge on any atom is 0.0799 e. The molecule has 2 nitrogen and oxygen atoms in total. The molecule has 0 amide bonds. The number of hydrogen-bond acceptors (Lipinski definition) is 1. The lowest BCUT2D eigenvalue weighted by Gasteiger charge is -2.26. The number of fused-ring (bicyclic) bond motifs is 3. The maximum absolute atomic E-state index is 5.01. The van der Waals surface area contributed by atoms with Gasteiger partial charge in [0.05, 0.1) is 13.8 Å². The topological polar surface area (TPSA) is 17.8 Å². The van der Waals surface area contributed by atoms with E-state index >= 15 is 0 Å². The Morgan fingerprint density at radius 2 is 1.66 bits per heavy atom. The Bertz CT molecular complexity index is 1260. The third kappa shape index (κ3) is 3.92. The van der Waals surface area contributed by atoms with Crippen LogP contribution >= 0.6 is 0 Å². The number of hydrogen-bond donors (Lipinski definition) is 0. The van der Waals surface area contributed by atoms with Crippen LogP contribution in [0.25, 0.3) is 33.1 Å². The molecule has 2 aromatic heterocycles. The summed E-state index contributed by atoms with van der Waals surface area (Å²) in [7, 11) is -1.43. The Hall–Kier alpha value is -2.39. The number of nitrogens with zero attached hydrogens (tertiary/aromatic N) is 2. The lowest BCUT2D eigenvalue weighted by molar-refractivity contribution is 0.357. The summed E-state index contributed by atoms with van der Waals surface area (Å²) in [5.74, 6) is 0.846. The van der Waals surface area contributed by atoms with Gasteiger partial charge in [-0.05, 0) is 54.3 Å². The van der Waals surface area contributed by atoms with Gasteiger partial charge in [0.1, 0.15) is 0 Å². The molecule has 0 atom stereocenters. The minimum absolute atomic E-state index is 0.846. The van der Waals surface area contributed by atoms with Gasteiger partial charge in [0.25, 0.3) is 0 Å². The molecule has 4 aromatic rings. The summed E-state index contributed by atoms with van der Waals surface area (Å²) in [5, 5.41) is 4.23. The molecule has 1 fully saturated rings. The molecule has 0 radical (unpaired) electrons. The number of aromatic nitrogens is 2. The van der Waals surface area contributed by atoms with E-state index in [2.05, 4.69) is 85.9 Å². The smallest absolute Gasteiger partial charge is 0.0799 e. The standard InChI is InChI=1S/C29H36N2Si/c1-5-31-27-14-10-9-13-24(27)25-18-22(15-16-28(25)31)26-19-23(17-21-11-7-6-8-12-21)29(20-30-26)32(2,3)4/h9-10,13-16,18-21H,5-8,11-12,17H2,1-4H3. The Labute approximate surface area is 193 Å². The fraction of sp³-hybridized carbons (Fsp3) is 0.414. The van der Waals surface area contributed by atoms with E-state index in [0.717, 1.165) is 18.2 Å². The van der Waals surface area contributed by atoms with Gasteiger partial charge in [-0.3, -0.25) is 4.98 Å². The van der Waals surface area contributed by atoms with Crippen LogP contribution in [-0.2, 0) is 13.0 Å². The van der Waals surface area contributed by atoms with Gasteiger partial charge < -0.3 is 4.57 Å². The predicted molar refractivity (Wildman–Crippen MR) is 142 cm³/mol. The van der Waals surface area contributed by atoms with Gasteiger partial charge in [0, 0.05) is 40.1 Å². The van der Waals surface area contributed by atoms with Crippen molar-refractivity contribution in [3.63, 3.8) is 0 Å². The third-order valence-electron chi connectivity index (χ3n) is 7.42. The minimum Gasteiger partial charge on any atom is -0.341 e. The lowest BCUT2D eigenvalue weighted by atomic mass is 9.85. The highest BCUT2D eigenvalue weighted by Crippen LogP contribution is 2.33. The first-order chi connectivity index (χ1) is 15.5. The quantitative estimate of drug-likeness (QED) is 0.293. The van der Waals surface area contributed by atoms with Gasteiger partial charge in [-0.25, -0.2) is 0 Å². The third-order valence-corrected chi connectivity index (χ3v) is 9.48. The first kappa shape index (κ1) is 21.5. The van der Waals surface area contributed by atoms with Crippen molar-refractivity contribution in [3.8, 4) is 11.3 Å².